The van der Waals surface area contributed by atoms with E-state index < -0.39 is 0 Å². The maximum Gasteiger partial charge on any atom is 0.268 e. The van der Waals surface area contributed by atoms with Crippen LogP contribution in [0.5, 0.6) is 0 Å². The summed E-state index contributed by atoms with van der Waals surface area (Å²) in [6.07, 6.45) is 1.10. The molecule has 0 unspecified atom stereocenters. The highest BCUT2D eigenvalue weighted by atomic mass is 28.2. The van der Waals surface area contributed by atoms with Gasteiger partial charge in [0.1, 0.15) is 0 Å². The van der Waals surface area contributed by atoms with Gasteiger partial charge in [-0.05, 0) is 25.5 Å². The van der Waals surface area contributed by atoms with Crippen molar-refractivity contribution >= 4 is 14.9 Å². The molecule has 0 fully saturated rings. The van der Waals surface area contributed by atoms with E-state index in [4.69, 9.17) is 4.43 Å². The van der Waals surface area contributed by atoms with Crippen LogP contribution in [0.4, 0.5) is 0 Å². The van der Waals surface area contributed by atoms with E-state index in [-0.39, 0.29) is 0 Å². The minimum Gasteiger partial charge on any atom is -0.411 e. The van der Waals surface area contributed by atoms with Crippen molar-refractivity contribution in [3.05, 3.63) is 29.3 Å². The van der Waals surface area contributed by atoms with Crippen LogP contribution in [0.3, 0.4) is 0 Å². The van der Waals surface area contributed by atoms with E-state index in [2.05, 4.69) is 39.0 Å². The van der Waals surface area contributed by atoms with Gasteiger partial charge in [-0.15, -0.1) is 0 Å². The summed E-state index contributed by atoms with van der Waals surface area (Å²) in [5.41, 5.74) is 2.64. The van der Waals surface area contributed by atoms with Gasteiger partial charge in [-0.25, -0.2) is 0 Å². The molecule has 70 valence electrons. The molecule has 1 rings (SSSR count). The van der Waals surface area contributed by atoms with Crippen molar-refractivity contribution in [2.24, 2.45) is 0 Å². The second kappa shape index (κ2) is 5.20. The Morgan fingerprint density at radius 3 is 2.31 bits per heavy atom. The Balaban J connectivity index is 2.56. The van der Waals surface area contributed by atoms with Crippen molar-refractivity contribution in [1.29, 1.82) is 0 Å². The van der Waals surface area contributed by atoms with Crippen molar-refractivity contribution < 1.29 is 4.43 Å². The third-order valence-corrected chi connectivity index (χ3v) is 2.59. The van der Waals surface area contributed by atoms with Crippen LogP contribution >= 0.6 is 0 Å². The maximum absolute atomic E-state index is 5.51. The van der Waals surface area contributed by atoms with Gasteiger partial charge in [-0.2, -0.15) is 0 Å². The largest absolute Gasteiger partial charge is 0.411 e. The predicted octanol–water partition coefficient (Wildman–Crippen LogP) is 1.97. The van der Waals surface area contributed by atoms with E-state index in [9.17, 15) is 0 Å². The molecular weight excluding hydrogens is 176 g/mol. The Bertz CT molecular complexity index is 251. The first kappa shape index (κ1) is 10.5. The van der Waals surface area contributed by atoms with Crippen molar-refractivity contribution in [3.63, 3.8) is 0 Å². The Morgan fingerprint density at radius 2 is 1.77 bits per heavy atom. The highest BCUT2D eigenvalue weighted by molar-refractivity contribution is 6.46. The molecule has 2 heteroatoms. The zero-order chi connectivity index (χ0) is 9.68. The first-order valence-electron chi connectivity index (χ1n) is 4.68. The highest BCUT2D eigenvalue weighted by Crippen LogP contribution is 1.99. The molecule has 1 aromatic carbocycles. The fourth-order valence-electron chi connectivity index (χ4n) is 1.27. The zero-order valence-electron chi connectivity index (χ0n) is 8.55. The quantitative estimate of drug-likeness (QED) is 0.523. The van der Waals surface area contributed by atoms with Crippen LogP contribution in [-0.4, -0.2) is 16.4 Å². The summed E-state index contributed by atoms with van der Waals surface area (Å²) in [6, 6.07) is 6.58. The molecule has 0 spiro atoms. The predicted molar refractivity (Wildman–Crippen MR) is 57.5 cm³/mol. The van der Waals surface area contributed by atoms with E-state index in [0.717, 1.165) is 13.0 Å². The lowest BCUT2D eigenvalue weighted by Crippen LogP contribution is -2.18. The first-order chi connectivity index (χ1) is 6.22. The van der Waals surface area contributed by atoms with Crippen LogP contribution in [0, 0.1) is 13.8 Å². The number of rotatable bonds is 4. The Kier molecular flexibility index (Phi) is 4.19. The molecule has 0 heterocycles. The van der Waals surface area contributed by atoms with Gasteiger partial charge in [0, 0.05) is 6.61 Å². The monoisotopic (exact) mass is 192 g/mol. The second-order valence-corrected chi connectivity index (χ2v) is 4.40. The number of benzene rings is 1. The van der Waals surface area contributed by atoms with Gasteiger partial charge in [-0.3, -0.25) is 0 Å². The van der Waals surface area contributed by atoms with E-state index in [0.29, 0.717) is 9.76 Å². The van der Waals surface area contributed by atoms with Gasteiger partial charge in [0.2, 0.25) is 0 Å². The molecular formula is C11H16OSi. The average molecular weight is 192 g/mol. The summed E-state index contributed by atoms with van der Waals surface area (Å²) >= 11 is 0. The van der Waals surface area contributed by atoms with Gasteiger partial charge < -0.3 is 4.43 Å². The third kappa shape index (κ3) is 3.74. The van der Waals surface area contributed by atoms with Crippen LogP contribution in [-0.2, 0) is 4.43 Å². The molecule has 0 atom stereocenters. The van der Waals surface area contributed by atoms with E-state index in [1.54, 1.807) is 0 Å². The molecule has 1 aromatic rings. The minimum atomic E-state index is 0.504. The van der Waals surface area contributed by atoms with Crippen LogP contribution in [0.1, 0.15) is 24.5 Å². The normalized spacial score (nSPS) is 10.4. The molecule has 1 nitrogen and oxygen atoms in total. The molecule has 2 radical (unpaired) electrons. The second-order valence-electron chi connectivity index (χ2n) is 3.33. The van der Waals surface area contributed by atoms with Gasteiger partial charge in [-0.1, -0.05) is 36.2 Å². The van der Waals surface area contributed by atoms with Gasteiger partial charge in [0.25, 0.3) is 9.76 Å². The smallest absolute Gasteiger partial charge is 0.268 e. The lowest BCUT2D eigenvalue weighted by atomic mass is 10.2. The highest BCUT2D eigenvalue weighted by Gasteiger charge is 1.97. The van der Waals surface area contributed by atoms with Crippen molar-refractivity contribution in [1.82, 2.24) is 0 Å². The third-order valence-electron chi connectivity index (χ3n) is 1.72. The molecule has 0 amide bonds. The Hall–Kier alpha value is -0.603. The molecule has 0 N–H and O–H groups in total. The summed E-state index contributed by atoms with van der Waals surface area (Å²) in [4.78, 5) is 0. The molecule has 13 heavy (non-hydrogen) atoms. The number of aryl methyl sites for hydroxylation is 2. The fourth-order valence-corrected chi connectivity index (χ4v) is 2.32. The van der Waals surface area contributed by atoms with Crippen molar-refractivity contribution in [2.75, 3.05) is 6.61 Å². The topological polar surface area (TPSA) is 9.23 Å². The lowest BCUT2D eigenvalue weighted by molar-refractivity contribution is 0.341. The molecule has 0 aromatic heterocycles. The minimum absolute atomic E-state index is 0.504. The van der Waals surface area contributed by atoms with Crippen LogP contribution in [0.15, 0.2) is 18.2 Å². The van der Waals surface area contributed by atoms with Gasteiger partial charge in [0.05, 0.1) is 0 Å². The molecule has 0 aliphatic rings. The maximum atomic E-state index is 5.51. The summed E-state index contributed by atoms with van der Waals surface area (Å²) in [5, 5.41) is 1.31. The molecule has 0 saturated carbocycles. The zero-order valence-corrected chi connectivity index (χ0v) is 9.55. The molecule has 0 aliphatic heterocycles. The van der Waals surface area contributed by atoms with Crippen LogP contribution in [0.2, 0.25) is 0 Å². The van der Waals surface area contributed by atoms with E-state index >= 15 is 0 Å². The summed E-state index contributed by atoms with van der Waals surface area (Å²) < 4.78 is 5.51. The van der Waals surface area contributed by atoms with E-state index in [1.165, 1.54) is 16.3 Å². The molecule has 0 saturated heterocycles. The molecule has 0 bridgehead atoms. The first-order valence-corrected chi connectivity index (χ1v) is 5.59. The summed E-state index contributed by atoms with van der Waals surface area (Å²) in [7, 11) is 0.504. The number of hydrogen-bond donors (Lipinski definition) is 0. The van der Waals surface area contributed by atoms with Gasteiger partial charge >= 0.3 is 0 Å². The summed E-state index contributed by atoms with van der Waals surface area (Å²) in [6.45, 7) is 7.25. The van der Waals surface area contributed by atoms with E-state index in [1.807, 2.05) is 0 Å². The fraction of sp³-hybridized carbons (Fsp3) is 0.455. The molecule has 0 aliphatic carbocycles. The van der Waals surface area contributed by atoms with Crippen molar-refractivity contribution in [3.8, 4) is 0 Å². The van der Waals surface area contributed by atoms with Crippen molar-refractivity contribution in [2.45, 2.75) is 27.2 Å². The van der Waals surface area contributed by atoms with Crippen LogP contribution < -0.4 is 5.19 Å². The standard InChI is InChI=1S/C11H16OSi/c1-4-5-12-13-11-7-9(2)6-10(3)8-11/h6-8H,4-5H2,1-3H3. The van der Waals surface area contributed by atoms with Crippen LogP contribution in [0.25, 0.3) is 0 Å². The SMILES string of the molecule is CCCO[Si]c1cc(C)cc(C)c1. The summed E-state index contributed by atoms with van der Waals surface area (Å²) in [5.74, 6) is 0. The average Bonchev–Trinajstić information content (AvgIpc) is 2.03. The lowest BCUT2D eigenvalue weighted by Gasteiger charge is -2.03. The number of hydrogen-bond acceptors (Lipinski definition) is 1. The Morgan fingerprint density at radius 1 is 1.15 bits per heavy atom. The van der Waals surface area contributed by atoms with Gasteiger partial charge in [0.15, 0.2) is 0 Å². The Labute approximate surface area is 83.1 Å².